The Labute approximate surface area is 84.8 Å². The van der Waals surface area contributed by atoms with Gasteiger partial charge in [-0.15, -0.1) is 0 Å². The summed E-state index contributed by atoms with van der Waals surface area (Å²) in [5.41, 5.74) is 0. The van der Waals surface area contributed by atoms with Crippen LogP contribution in [0.5, 0.6) is 0 Å². The van der Waals surface area contributed by atoms with Gasteiger partial charge in [0.25, 0.3) is 0 Å². The van der Waals surface area contributed by atoms with Crippen LogP contribution >= 0.6 is 0 Å². The standard InChI is InChI=1S/C11H18O3/c1-4-14-11(13)8(3)9-5-6-10(12)7(9)2/h7-9H,4-6H2,1-3H3. The highest BCUT2D eigenvalue weighted by Crippen LogP contribution is 2.34. The molecule has 1 aliphatic rings. The summed E-state index contributed by atoms with van der Waals surface area (Å²) in [6.45, 7) is 5.99. The zero-order chi connectivity index (χ0) is 10.7. The molecule has 1 aliphatic carbocycles. The van der Waals surface area contributed by atoms with Crippen LogP contribution < -0.4 is 0 Å². The first-order valence-corrected chi connectivity index (χ1v) is 5.27. The second-order valence-electron chi connectivity index (χ2n) is 4.00. The Morgan fingerprint density at radius 3 is 2.71 bits per heavy atom. The lowest BCUT2D eigenvalue weighted by atomic mass is 9.86. The van der Waals surface area contributed by atoms with Gasteiger partial charge in [0.1, 0.15) is 5.78 Å². The zero-order valence-electron chi connectivity index (χ0n) is 9.08. The van der Waals surface area contributed by atoms with Crippen molar-refractivity contribution < 1.29 is 14.3 Å². The zero-order valence-corrected chi connectivity index (χ0v) is 9.08. The van der Waals surface area contributed by atoms with Crippen molar-refractivity contribution in [1.29, 1.82) is 0 Å². The van der Waals surface area contributed by atoms with Crippen molar-refractivity contribution in [3.63, 3.8) is 0 Å². The van der Waals surface area contributed by atoms with Gasteiger partial charge >= 0.3 is 5.97 Å². The highest BCUT2D eigenvalue weighted by molar-refractivity contribution is 5.84. The van der Waals surface area contributed by atoms with E-state index < -0.39 is 0 Å². The Hall–Kier alpha value is -0.860. The number of rotatable bonds is 3. The van der Waals surface area contributed by atoms with Crippen LogP contribution in [0.2, 0.25) is 0 Å². The number of ether oxygens (including phenoxy) is 1. The molecule has 0 aromatic rings. The molecule has 14 heavy (non-hydrogen) atoms. The molecule has 3 nitrogen and oxygen atoms in total. The van der Waals surface area contributed by atoms with Crippen molar-refractivity contribution in [2.45, 2.75) is 33.6 Å². The largest absolute Gasteiger partial charge is 0.466 e. The summed E-state index contributed by atoms with van der Waals surface area (Å²) in [5, 5.41) is 0. The summed E-state index contributed by atoms with van der Waals surface area (Å²) in [7, 11) is 0. The van der Waals surface area contributed by atoms with Gasteiger partial charge < -0.3 is 4.74 Å². The average Bonchev–Trinajstić information content (AvgIpc) is 2.47. The first kappa shape index (κ1) is 11.2. The third-order valence-electron chi connectivity index (χ3n) is 3.17. The molecule has 0 aliphatic heterocycles. The van der Waals surface area contributed by atoms with Crippen molar-refractivity contribution in [3.05, 3.63) is 0 Å². The van der Waals surface area contributed by atoms with Crippen LogP contribution in [-0.2, 0) is 14.3 Å². The molecule has 0 spiro atoms. The maximum absolute atomic E-state index is 11.4. The van der Waals surface area contributed by atoms with Crippen LogP contribution in [0.1, 0.15) is 33.6 Å². The molecule has 1 fully saturated rings. The SMILES string of the molecule is CCOC(=O)C(C)C1CCC(=O)C1C. The van der Waals surface area contributed by atoms with Gasteiger partial charge in [-0.3, -0.25) is 9.59 Å². The van der Waals surface area contributed by atoms with Gasteiger partial charge in [-0.1, -0.05) is 13.8 Å². The molecule has 0 heterocycles. The minimum Gasteiger partial charge on any atom is -0.466 e. The fourth-order valence-electron chi connectivity index (χ4n) is 2.16. The Morgan fingerprint density at radius 2 is 2.29 bits per heavy atom. The van der Waals surface area contributed by atoms with Crippen molar-refractivity contribution in [3.8, 4) is 0 Å². The smallest absolute Gasteiger partial charge is 0.308 e. The van der Waals surface area contributed by atoms with E-state index in [-0.39, 0.29) is 29.5 Å². The van der Waals surface area contributed by atoms with Gasteiger partial charge in [0, 0.05) is 12.3 Å². The minimum absolute atomic E-state index is 0.0226. The predicted molar refractivity (Wildman–Crippen MR) is 52.7 cm³/mol. The third-order valence-corrected chi connectivity index (χ3v) is 3.17. The Morgan fingerprint density at radius 1 is 1.64 bits per heavy atom. The van der Waals surface area contributed by atoms with Crippen LogP contribution in [0.25, 0.3) is 0 Å². The van der Waals surface area contributed by atoms with Crippen LogP contribution in [0, 0.1) is 17.8 Å². The van der Waals surface area contributed by atoms with Crippen molar-refractivity contribution in [2.75, 3.05) is 6.61 Å². The molecule has 3 heteroatoms. The Balaban J connectivity index is 2.56. The Bertz CT molecular complexity index is 235. The molecule has 3 atom stereocenters. The number of hydrogen-bond acceptors (Lipinski definition) is 3. The molecule has 0 radical (unpaired) electrons. The highest BCUT2D eigenvalue weighted by atomic mass is 16.5. The quantitative estimate of drug-likeness (QED) is 0.649. The van der Waals surface area contributed by atoms with Crippen molar-refractivity contribution in [1.82, 2.24) is 0 Å². The van der Waals surface area contributed by atoms with Gasteiger partial charge in [-0.25, -0.2) is 0 Å². The molecule has 3 unspecified atom stereocenters. The summed E-state index contributed by atoms with van der Waals surface area (Å²) in [4.78, 5) is 22.8. The number of ketones is 1. The van der Waals surface area contributed by atoms with E-state index in [0.29, 0.717) is 13.0 Å². The van der Waals surface area contributed by atoms with Gasteiger partial charge in [-0.2, -0.15) is 0 Å². The maximum atomic E-state index is 11.4. The van der Waals surface area contributed by atoms with E-state index in [2.05, 4.69) is 0 Å². The monoisotopic (exact) mass is 198 g/mol. The molecular weight excluding hydrogens is 180 g/mol. The second kappa shape index (κ2) is 4.58. The van der Waals surface area contributed by atoms with Crippen LogP contribution in [0.15, 0.2) is 0 Å². The van der Waals surface area contributed by atoms with Gasteiger partial charge in [0.2, 0.25) is 0 Å². The lowest BCUT2D eigenvalue weighted by Gasteiger charge is -2.20. The number of Topliss-reactive ketones (excluding diaryl/α,β-unsaturated/α-hetero) is 1. The van der Waals surface area contributed by atoms with Crippen LogP contribution in [0.3, 0.4) is 0 Å². The maximum Gasteiger partial charge on any atom is 0.308 e. The first-order valence-electron chi connectivity index (χ1n) is 5.27. The lowest BCUT2D eigenvalue weighted by Crippen LogP contribution is -2.26. The number of hydrogen-bond donors (Lipinski definition) is 0. The molecule has 0 saturated heterocycles. The van der Waals surface area contributed by atoms with E-state index in [1.165, 1.54) is 0 Å². The van der Waals surface area contributed by atoms with E-state index in [9.17, 15) is 9.59 Å². The van der Waals surface area contributed by atoms with Crippen LogP contribution in [0.4, 0.5) is 0 Å². The fourth-order valence-corrected chi connectivity index (χ4v) is 2.16. The lowest BCUT2D eigenvalue weighted by molar-refractivity contribution is -0.149. The van der Waals surface area contributed by atoms with Crippen molar-refractivity contribution >= 4 is 11.8 Å². The van der Waals surface area contributed by atoms with E-state index in [1.807, 2.05) is 13.8 Å². The van der Waals surface area contributed by atoms with Gasteiger partial charge in [0.15, 0.2) is 0 Å². The molecule has 1 saturated carbocycles. The molecule has 0 aromatic heterocycles. The summed E-state index contributed by atoms with van der Waals surface area (Å²) in [6, 6.07) is 0. The summed E-state index contributed by atoms with van der Waals surface area (Å²) >= 11 is 0. The van der Waals surface area contributed by atoms with Crippen molar-refractivity contribution in [2.24, 2.45) is 17.8 Å². The van der Waals surface area contributed by atoms with E-state index in [0.717, 1.165) is 6.42 Å². The molecular formula is C11H18O3. The normalized spacial score (nSPS) is 28.9. The van der Waals surface area contributed by atoms with Gasteiger partial charge in [-0.05, 0) is 19.3 Å². The fraction of sp³-hybridized carbons (Fsp3) is 0.818. The summed E-state index contributed by atoms with van der Waals surface area (Å²) < 4.78 is 4.95. The molecule has 80 valence electrons. The molecule has 0 N–H and O–H groups in total. The van der Waals surface area contributed by atoms with E-state index >= 15 is 0 Å². The summed E-state index contributed by atoms with van der Waals surface area (Å²) in [5.74, 6) is 0.178. The Kier molecular flexibility index (Phi) is 3.67. The number of carbonyl (C=O) groups is 2. The predicted octanol–water partition coefficient (Wildman–Crippen LogP) is 1.80. The first-order chi connectivity index (χ1) is 6.57. The summed E-state index contributed by atoms with van der Waals surface area (Å²) in [6.07, 6.45) is 1.45. The molecule has 1 rings (SSSR count). The number of esters is 1. The van der Waals surface area contributed by atoms with Gasteiger partial charge in [0.05, 0.1) is 12.5 Å². The second-order valence-corrected chi connectivity index (χ2v) is 4.00. The topological polar surface area (TPSA) is 43.4 Å². The third kappa shape index (κ3) is 2.14. The average molecular weight is 198 g/mol. The highest BCUT2D eigenvalue weighted by Gasteiger charge is 2.37. The number of carbonyl (C=O) groups excluding carboxylic acids is 2. The van der Waals surface area contributed by atoms with E-state index in [1.54, 1.807) is 6.92 Å². The van der Waals surface area contributed by atoms with Crippen LogP contribution in [-0.4, -0.2) is 18.4 Å². The molecule has 0 aromatic carbocycles. The minimum atomic E-state index is -0.168. The molecule has 0 bridgehead atoms. The molecule has 0 amide bonds. The van der Waals surface area contributed by atoms with E-state index in [4.69, 9.17) is 4.74 Å².